The van der Waals surface area contributed by atoms with Gasteiger partial charge in [0.15, 0.2) is 0 Å². The zero-order valence-corrected chi connectivity index (χ0v) is 21.1. The molecule has 0 spiro atoms. The molecule has 3 heteroatoms. The van der Waals surface area contributed by atoms with E-state index < -0.39 is 0 Å². The molecule has 4 rings (SSSR count). The van der Waals surface area contributed by atoms with Crippen LogP contribution in [0, 0.1) is 0 Å². The lowest BCUT2D eigenvalue weighted by molar-refractivity contribution is 0.308. The number of benzene rings is 3. The summed E-state index contributed by atoms with van der Waals surface area (Å²) in [4.78, 5) is 5.00. The number of para-hydroxylation sites is 1. The van der Waals surface area contributed by atoms with Gasteiger partial charge < -0.3 is 14.9 Å². The molecule has 0 radical (unpaired) electrons. The van der Waals surface area contributed by atoms with E-state index in [9.17, 15) is 5.11 Å². The second-order valence-electron chi connectivity index (χ2n) is 9.56. The van der Waals surface area contributed by atoms with Gasteiger partial charge in [0.2, 0.25) is 0 Å². The van der Waals surface area contributed by atoms with Crippen molar-refractivity contribution in [2.24, 2.45) is 0 Å². The van der Waals surface area contributed by atoms with E-state index in [0.29, 0.717) is 11.7 Å². The SMILES string of the molecule is CCN(CC)CCc1ccc(CN(CC)c2ccccc2C2CCc3cc(O)ccc3C2)cc1. The van der Waals surface area contributed by atoms with Crippen LogP contribution < -0.4 is 4.90 Å². The topological polar surface area (TPSA) is 26.7 Å². The normalized spacial score (nSPS) is 15.4. The molecule has 3 aromatic carbocycles. The van der Waals surface area contributed by atoms with Gasteiger partial charge in [-0.3, -0.25) is 0 Å². The molecule has 180 valence electrons. The predicted octanol–water partition coefficient (Wildman–Crippen LogP) is 6.58. The maximum absolute atomic E-state index is 9.85. The molecule has 0 aliphatic heterocycles. The molecule has 1 N–H and O–H groups in total. The van der Waals surface area contributed by atoms with Crippen LogP contribution in [0.3, 0.4) is 0 Å². The number of nitrogens with zero attached hydrogens (tertiary/aromatic N) is 2. The molecule has 0 bridgehead atoms. The van der Waals surface area contributed by atoms with Crippen molar-refractivity contribution in [3.05, 3.63) is 94.5 Å². The third kappa shape index (κ3) is 5.82. The number of rotatable bonds is 10. The standard InChI is InChI=1S/C31H40N2O/c1-4-32(5-2)20-19-24-11-13-25(14-12-24)23-33(6-3)31-10-8-7-9-30(31)28-16-15-27-22-29(34)18-17-26(27)21-28/h7-14,17-18,22,28,34H,4-6,15-16,19-21,23H2,1-3H3. The summed E-state index contributed by atoms with van der Waals surface area (Å²) in [6, 6.07) is 24.1. The molecule has 0 amide bonds. The molecule has 0 heterocycles. The second kappa shape index (κ2) is 11.6. The van der Waals surface area contributed by atoms with Crippen molar-refractivity contribution in [1.29, 1.82) is 0 Å². The molecule has 0 fully saturated rings. The quantitative estimate of drug-likeness (QED) is 0.373. The number of likely N-dealkylation sites (N-methyl/N-ethyl adjacent to an activating group) is 1. The summed E-state index contributed by atoms with van der Waals surface area (Å²) in [6.45, 7) is 12.0. The first-order chi connectivity index (χ1) is 16.6. The minimum absolute atomic E-state index is 0.383. The summed E-state index contributed by atoms with van der Waals surface area (Å²) in [7, 11) is 0. The molecular weight excluding hydrogens is 416 g/mol. The minimum Gasteiger partial charge on any atom is -0.508 e. The highest BCUT2D eigenvalue weighted by Crippen LogP contribution is 2.38. The molecule has 1 aliphatic rings. The summed E-state index contributed by atoms with van der Waals surface area (Å²) in [5.74, 6) is 0.901. The Balaban J connectivity index is 1.47. The van der Waals surface area contributed by atoms with Gasteiger partial charge >= 0.3 is 0 Å². The monoisotopic (exact) mass is 456 g/mol. The number of anilines is 1. The molecule has 1 unspecified atom stereocenters. The summed E-state index contributed by atoms with van der Waals surface area (Å²) in [5.41, 5.74) is 8.30. The molecule has 0 saturated carbocycles. The second-order valence-corrected chi connectivity index (χ2v) is 9.56. The van der Waals surface area contributed by atoms with Crippen molar-refractivity contribution >= 4 is 5.69 Å². The van der Waals surface area contributed by atoms with Gasteiger partial charge in [0.25, 0.3) is 0 Å². The van der Waals surface area contributed by atoms with Crippen LogP contribution in [-0.4, -0.2) is 36.2 Å². The Labute approximate surface area is 206 Å². The number of hydrogen-bond donors (Lipinski definition) is 1. The number of phenols is 1. The highest BCUT2D eigenvalue weighted by atomic mass is 16.3. The van der Waals surface area contributed by atoms with Gasteiger partial charge in [0, 0.05) is 25.3 Å². The molecular formula is C31H40N2O. The van der Waals surface area contributed by atoms with E-state index in [4.69, 9.17) is 0 Å². The van der Waals surface area contributed by atoms with E-state index in [1.54, 1.807) is 0 Å². The maximum atomic E-state index is 9.85. The summed E-state index contributed by atoms with van der Waals surface area (Å²) >= 11 is 0. The van der Waals surface area contributed by atoms with Crippen LogP contribution in [0.4, 0.5) is 5.69 Å². The Morgan fingerprint density at radius 3 is 2.29 bits per heavy atom. The van der Waals surface area contributed by atoms with Crippen molar-refractivity contribution in [1.82, 2.24) is 4.90 Å². The first-order valence-electron chi connectivity index (χ1n) is 13.1. The van der Waals surface area contributed by atoms with Crippen molar-refractivity contribution in [3.63, 3.8) is 0 Å². The average molecular weight is 457 g/mol. The van der Waals surface area contributed by atoms with Crippen LogP contribution in [0.5, 0.6) is 5.75 Å². The molecule has 0 saturated heterocycles. The van der Waals surface area contributed by atoms with Crippen LogP contribution in [-0.2, 0) is 25.8 Å². The first-order valence-corrected chi connectivity index (χ1v) is 13.1. The predicted molar refractivity (Wildman–Crippen MR) is 144 cm³/mol. The average Bonchev–Trinajstić information content (AvgIpc) is 2.88. The van der Waals surface area contributed by atoms with Crippen LogP contribution in [0.25, 0.3) is 0 Å². The molecule has 3 aromatic rings. The zero-order valence-electron chi connectivity index (χ0n) is 21.1. The van der Waals surface area contributed by atoms with Gasteiger partial charge in [0.1, 0.15) is 5.75 Å². The van der Waals surface area contributed by atoms with Crippen molar-refractivity contribution in [2.45, 2.75) is 58.9 Å². The molecule has 1 aliphatic carbocycles. The van der Waals surface area contributed by atoms with Crippen LogP contribution in [0.2, 0.25) is 0 Å². The van der Waals surface area contributed by atoms with Crippen LogP contribution in [0.15, 0.2) is 66.7 Å². The smallest absolute Gasteiger partial charge is 0.115 e. The van der Waals surface area contributed by atoms with Gasteiger partial charge in [-0.15, -0.1) is 0 Å². The van der Waals surface area contributed by atoms with E-state index in [1.165, 1.54) is 33.5 Å². The number of phenolic OH excluding ortho intramolecular Hbond substituents is 1. The van der Waals surface area contributed by atoms with Crippen molar-refractivity contribution < 1.29 is 5.11 Å². The summed E-state index contributed by atoms with van der Waals surface area (Å²) < 4.78 is 0. The number of hydrogen-bond acceptors (Lipinski definition) is 3. The lowest BCUT2D eigenvalue weighted by atomic mass is 9.79. The number of aryl methyl sites for hydroxylation is 1. The Morgan fingerprint density at radius 2 is 1.56 bits per heavy atom. The first kappa shape index (κ1) is 24.3. The lowest BCUT2D eigenvalue weighted by Crippen LogP contribution is -2.25. The van der Waals surface area contributed by atoms with E-state index in [2.05, 4.69) is 85.2 Å². The van der Waals surface area contributed by atoms with E-state index in [0.717, 1.165) is 58.4 Å². The van der Waals surface area contributed by atoms with Crippen molar-refractivity contribution in [2.75, 3.05) is 31.1 Å². The highest BCUT2D eigenvalue weighted by Gasteiger charge is 2.24. The van der Waals surface area contributed by atoms with Crippen molar-refractivity contribution in [3.8, 4) is 5.75 Å². The van der Waals surface area contributed by atoms with E-state index >= 15 is 0 Å². The van der Waals surface area contributed by atoms with Crippen LogP contribution in [0.1, 0.15) is 60.9 Å². The summed E-state index contributed by atoms with van der Waals surface area (Å²) in [5, 5.41) is 9.85. The maximum Gasteiger partial charge on any atom is 0.115 e. The van der Waals surface area contributed by atoms with Gasteiger partial charge in [-0.2, -0.15) is 0 Å². The van der Waals surface area contributed by atoms with Gasteiger partial charge in [0.05, 0.1) is 0 Å². The Kier molecular flexibility index (Phi) is 8.29. The molecule has 3 nitrogen and oxygen atoms in total. The van der Waals surface area contributed by atoms with Crippen LogP contribution >= 0.6 is 0 Å². The third-order valence-corrected chi connectivity index (χ3v) is 7.52. The zero-order chi connectivity index (χ0) is 23.9. The largest absolute Gasteiger partial charge is 0.508 e. The summed E-state index contributed by atoms with van der Waals surface area (Å²) in [6.07, 6.45) is 4.32. The highest BCUT2D eigenvalue weighted by molar-refractivity contribution is 5.56. The minimum atomic E-state index is 0.383. The van der Waals surface area contributed by atoms with Gasteiger partial charge in [-0.05, 0) is 97.6 Å². The lowest BCUT2D eigenvalue weighted by Gasteiger charge is -2.31. The van der Waals surface area contributed by atoms with Gasteiger partial charge in [-0.1, -0.05) is 62.4 Å². The third-order valence-electron chi connectivity index (χ3n) is 7.52. The van der Waals surface area contributed by atoms with E-state index in [1.807, 2.05) is 12.1 Å². The fourth-order valence-electron chi connectivity index (χ4n) is 5.35. The fourth-order valence-corrected chi connectivity index (χ4v) is 5.35. The molecule has 0 aromatic heterocycles. The number of aromatic hydroxyl groups is 1. The van der Waals surface area contributed by atoms with E-state index in [-0.39, 0.29) is 0 Å². The Bertz CT molecular complexity index is 1060. The fraction of sp³-hybridized carbons (Fsp3) is 0.419. The number of fused-ring (bicyclic) bond motifs is 1. The Hall–Kier alpha value is -2.78. The Morgan fingerprint density at radius 1 is 0.824 bits per heavy atom. The van der Waals surface area contributed by atoms with Gasteiger partial charge in [-0.25, -0.2) is 0 Å². The molecule has 34 heavy (non-hydrogen) atoms. The molecule has 1 atom stereocenters.